The average molecular weight is 436 g/mol. The smallest absolute Gasteiger partial charge is 0.271 e. The molecule has 1 N–H and O–H groups in total. The van der Waals surface area contributed by atoms with E-state index in [0.29, 0.717) is 34.7 Å². The Labute approximate surface area is 164 Å². The van der Waals surface area contributed by atoms with Crippen LogP contribution in [0.25, 0.3) is 0 Å². The fraction of sp³-hybridized carbons (Fsp3) is 0.222. The number of amides is 1. The summed E-state index contributed by atoms with van der Waals surface area (Å²) in [5.41, 5.74) is 3.25. The highest BCUT2D eigenvalue weighted by atomic mass is 79.9. The van der Waals surface area contributed by atoms with Crippen LogP contribution < -0.4 is 14.9 Å². The van der Waals surface area contributed by atoms with Crippen LogP contribution in [0.1, 0.15) is 29.8 Å². The number of ether oxygens (including phenoxy) is 2. The third-order valence-corrected chi connectivity index (χ3v) is 3.93. The van der Waals surface area contributed by atoms with Gasteiger partial charge in [0.05, 0.1) is 28.8 Å². The molecule has 0 heterocycles. The molecule has 0 radical (unpaired) electrons. The molecule has 1 amide bonds. The number of benzene rings is 2. The fourth-order valence-corrected chi connectivity index (χ4v) is 2.75. The van der Waals surface area contributed by atoms with Gasteiger partial charge in [0.15, 0.2) is 11.5 Å². The molecular weight excluding hydrogens is 418 g/mol. The van der Waals surface area contributed by atoms with E-state index in [0.717, 1.165) is 0 Å². The van der Waals surface area contributed by atoms with Crippen LogP contribution in [0.15, 0.2) is 46.0 Å². The number of hydrogen-bond acceptors (Lipinski definition) is 6. The maximum atomic E-state index is 12.0. The summed E-state index contributed by atoms with van der Waals surface area (Å²) in [4.78, 5) is 22.2. The van der Waals surface area contributed by atoms with Gasteiger partial charge in [0.2, 0.25) is 0 Å². The Morgan fingerprint density at radius 1 is 1.22 bits per heavy atom. The molecule has 2 aromatic rings. The number of carbonyl (C=O) groups is 1. The van der Waals surface area contributed by atoms with Crippen LogP contribution >= 0.6 is 15.9 Å². The van der Waals surface area contributed by atoms with Crippen LogP contribution in [-0.2, 0) is 0 Å². The third-order valence-electron chi connectivity index (χ3n) is 3.34. The van der Waals surface area contributed by atoms with E-state index < -0.39 is 10.8 Å². The van der Waals surface area contributed by atoms with Crippen molar-refractivity contribution in [3.63, 3.8) is 0 Å². The van der Waals surface area contributed by atoms with Gasteiger partial charge in [-0.1, -0.05) is 0 Å². The van der Waals surface area contributed by atoms with Crippen molar-refractivity contribution in [2.75, 3.05) is 13.2 Å². The maximum Gasteiger partial charge on any atom is 0.271 e. The summed E-state index contributed by atoms with van der Waals surface area (Å²) in [7, 11) is 0. The van der Waals surface area contributed by atoms with Gasteiger partial charge in [-0.2, -0.15) is 5.10 Å². The Morgan fingerprint density at radius 2 is 1.89 bits per heavy atom. The highest BCUT2D eigenvalue weighted by Crippen LogP contribution is 2.36. The zero-order valence-electron chi connectivity index (χ0n) is 14.8. The van der Waals surface area contributed by atoms with Crippen LogP contribution in [0.4, 0.5) is 5.69 Å². The molecule has 0 aliphatic heterocycles. The molecule has 0 unspecified atom stereocenters. The van der Waals surface area contributed by atoms with Gasteiger partial charge in [-0.25, -0.2) is 5.43 Å². The molecule has 0 saturated carbocycles. The normalized spacial score (nSPS) is 10.6. The van der Waals surface area contributed by atoms with Gasteiger partial charge in [-0.3, -0.25) is 14.9 Å². The first-order valence-corrected chi connectivity index (χ1v) is 8.92. The molecule has 0 saturated heterocycles. The summed E-state index contributed by atoms with van der Waals surface area (Å²) < 4.78 is 11.9. The molecular formula is C18H18BrN3O5. The summed E-state index contributed by atoms with van der Waals surface area (Å²) >= 11 is 3.44. The number of nitrogens with one attached hydrogen (secondary N) is 1. The highest BCUT2D eigenvalue weighted by Gasteiger charge is 2.12. The monoisotopic (exact) mass is 435 g/mol. The number of hydrogen-bond donors (Lipinski definition) is 1. The van der Waals surface area contributed by atoms with E-state index in [1.807, 2.05) is 13.8 Å². The van der Waals surface area contributed by atoms with Crippen molar-refractivity contribution in [2.24, 2.45) is 5.10 Å². The second-order valence-electron chi connectivity index (χ2n) is 5.20. The summed E-state index contributed by atoms with van der Waals surface area (Å²) in [5.74, 6) is 0.694. The number of nitrogens with zero attached hydrogens (tertiary/aromatic N) is 2. The zero-order chi connectivity index (χ0) is 19.8. The van der Waals surface area contributed by atoms with Crippen molar-refractivity contribution in [1.29, 1.82) is 0 Å². The molecule has 0 aliphatic carbocycles. The number of nitro groups is 1. The molecule has 2 rings (SSSR count). The Bertz CT molecular complexity index is 853. The molecule has 0 aliphatic rings. The predicted molar refractivity (Wildman–Crippen MR) is 105 cm³/mol. The molecule has 0 fully saturated rings. The van der Waals surface area contributed by atoms with Crippen molar-refractivity contribution in [3.8, 4) is 11.5 Å². The largest absolute Gasteiger partial charge is 0.490 e. The Balaban J connectivity index is 2.10. The quantitative estimate of drug-likeness (QED) is 0.384. The van der Waals surface area contributed by atoms with Crippen molar-refractivity contribution in [1.82, 2.24) is 5.43 Å². The molecule has 27 heavy (non-hydrogen) atoms. The van der Waals surface area contributed by atoms with Crippen molar-refractivity contribution in [2.45, 2.75) is 13.8 Å². The van der Waals surface area contributed by atoms with Crippen LogP contribution in [0, 0.1) is 10.1 Å². The summed E-state index contributed by atoms with van der Waals surface area (Å²) in [6, 6.07) is 8.79. The van der Waals surface area contributed by atoms with Crippen LogP contribution in [0.5, 0.6) is 11.5 Å². The number of halogens is 1. The first-order valence-electron chi connectivity index (χ1n) is 8.13. The first-order chi connectivity index (χ1) is 13.0. The van der Waals surface area contributed by atoms with Gasteiger partial charge >= 0.3 is 0 Å². The van der Waals surface area contributed by atoms with Crippen LogP contribution in [0.2, 0.25) is 0 Å². The van der Waals surface area contributed by atoms with Crippen LogP contribution in [-0.4, -0.2) is 30.3 Å². The first kappa shape index (κ1) is 20.4. The van der Waals surface area contributed by atoms with Gasteiger partial charge in [-0.05, 0) is 59.6 Å². The fourth-order valence-electron chi connectivity index (χ4n) is 2.17. The standard InChI is InChI=1S/C18H18BrN3O5/c1-3-26-16-10-12(9-15(19)17(16)27-4-2)11-20-21-18(23)13-5-7-14(8-6-13)22(24)25/h5-11H,3-4H2,1-2H3,(H,21,23)/b20-11+. The van der Waals surface area contributed by atoms with E-state index >= 15 is 0 Å². The molecule has 9 heteroatoms. The third kappa shape index (κ3) is 5.52. The number of non-ortho nitro benzene ring substituents is 1. The van der Waals surface area contributed by atoms with E-state index in [2.05, 4.69) is 26.5 Å². The highest BCUT2D eigenvalue weighted by molar-refractivity contribution is 9.10. The lowest BCUT2D eigenvalue weighted by Gasteiger charge is -2.13. The average Bonchev–Trinajstić information content (AvgIpc) is 2.64. The minimum absolute atomic E-state index is 0.0854. The topological polar surface area (TPSA) is 103 Å². The molecule has 0 aromatic heterocycles. The Kier molecular flexibility index (Phi) is 7.30. The summed E-state index contributed by atoms with van der Waals surface area (Å²) in [6.07, 6.45) is 1.46. The van der Waals surface area contributed by atoms with Crippen LogP contribution in [0.3, 0.4) is 0 Å². The number of rotatable bonds is 8. The van der Waals surface area contributed by atoms with Gasteiger partial charge in [0.25, 0.3) is 11.6 Å². The van der Waals surface area contributed by atoms with E-state index in [9.17, 15) is 14.9 Å². The second kappa shape index (κ2) is 9.67. The predicted octanol–water partition coefficient (Wildman–Crippen LogP) is 3.92. The lowest BCUT2D eigenvalue weighted by Crippen LogP contribution is -2.17. The van der Waals surface area contributed by atoms with E-state index in [1.165, 1.54) is 30.5 Å². The van der Waals surface area contributed by atoms with E-state index in [4.69, 9.17) is 9.47 Å². The SMILES string of the molecule is CCOc1cc(/C=N/NC(=O)c2ccc([N+](=O)[O-])cc2)cc(Br)c1OCC. The molecule has 142 valence electrons. The Hall–Kier alpha value is -2.94. The summed E-state index contributed by atoms with van der Waals surface area (Å²) in [5, 5.41) is 14.6. The number of carbonyl (C=O) groups excluding carboxylic acids is 1. The minimum Gasteiger partial charge on any atom is -0.490 e. The molecule has 0 atom stereocenters. The van der Waals surface area contributed by atoms with Crippen molar-refractivity contribution >= 4 is 33.7 Å². The van der Waals surface area contributed by atoms with Gasteiger partial charge in [-0.15, -0.1) is 0 Å². The van der Waals surface area contributed by atoms with Crippen molar-refractivity contribution in [3.05, 3.63) is 62.1 Å². The molecule has 0 bridgehead atoms. The number of hydrazone groups is 1. The van der Waals surface area contributed by atoms with Gasteiger partial charge in [0.1, 0.15) is 0 Å². The lowest BCUT2D eigenvalue weighted by molar-refractivity contribution is -0.384. The Morgan fingerprint density at radius 3 is 2.48 bits per heavy atom. The second-order valence-corrected chi connectivity index (χ2v) is 6.05. The molecule has 8 nitrogen and oxygen atoms in total. The number of nitro benzene ring substituents is 1. The van der Waals surface area contributed by atoms with Gasteiger partial charge in [0, 0.05) is 17.7 Å². The minimum atomic E-state index is -0.528. The van der Waals surface area contributed by atoms with E-state index in [1.54, 1.807) is 12.1 Å². The van der Waals surface area contributed by atoms with Gasteiger partial charge < -0.3 is 9.47 Å². The van der Waals surface area contributed by atoms with E-state index in [-0.39, 0.29) is 11.3 Å². The zero-order valence-corrected chi connectivity index (χ0v) is 16.4. The van der Waals surface area contributed by atoms with Crippen molar-refractivity contribution < 1.29 is 19.2 Å². The molecule has 0 spiro atoms. The maximum absolute atomic E-state index is 12.0. The summed E-state index contributed by atoms with van der Waals surface area (Å²) in [6.45, 7) is 4.72. The molecule has 2 aromatic carbocycles. The lowest BCUT2D eigenvalue weighted by atomic mass is 10.2.